The number of benzene rings is 1. The predicted molar refractivity (Wildman–Crippen MR) is 132 cm³/mol. The van der Waals surface area contributed by atoms with Crippen LogP contribution in [0.4, 0.5) is 5.69 Å². The topological polar surface area (TPSA) is 117 Å². The molecular formula is C27H37N3O6. The number of ether oxygens (including phenoxy) is 2. The molecule has 3 saturated heterocycles. The lowest BCUT2D eigenvalue weighted by molar-refractivity contribution is -0.142. The Morgan fingerprint density at radius 3 is 2.58 bits per heavy atom. The first-order chi connectivity index (χ1) is 17.5. The van der Waals surface area contributed by atoms with Crippen LogP contribution in [0, 0.1) is 11.8 Å². The molecule has 1 aliphatic carbocycles. The Morgan fingerprint density at radius 1 is 1.14 bits per heavy atom. The van der Waals surface area contributed by atoms with Crippen molar-refractivity contribution >= 4 is 23.4 Å². The van der Waals surface area contributed by atoms with Crippen molar-refractivity contribution in [1.29, 1.82) is 0 Å². The lowest BCUT2D eigenvalue weighted by Crippen LogP contribution is -2.57. The van der Waals surface area contributed by atoms with Crippen molar-refractivity contribution in [3.8, 4) is 5.75 Å². The number of likely N-dealkylation sites (tertiary alicyclic amines) is 1. The van der Waals surface area contributed by atoms with Crippen LogP contribution in [0.25, 0.3) is 0 Å². The summed E-state index contributed by atoms with van der Waals surface area (Å²) in [4.78, 5) is 42.5. The van der Waals surface area contributed by atoms with Crippen molar-refractivity contribution in [3.05, 3.63) is 24.3 Å². The van der Waals surface area contributed by atoms with E-state index in [1.54, 1.807) is 29.2 Å². The SMILES string of the molecule is CCOc1ccc(NC(=O)[C@@H]2[C@@H]3CCC4(O3)C(C(=O)NC3CCCCC3)N(CCCO)C(=O)[C@H]24)cc1. The zero-order valence-corrected chi connectivity index (χ0v) is 20.9. The summed E-state index contributed by atoms with van der Waals surface area (Å²) in [6.07, 6.45) is 6.41. The Hall–Kier alpha value is -2.65. The molecule has 4 aliphatic rings. The van der Waals surface area contributed by atoms with Gasteiger partial charge in [-0.1, -0.05) is 19.3 Å². The normalized spacial score (nSPS) is 31.4. The number of carbonyl (C=O) groups is 3. The average molecular weight is 500 g/mol. The predicted octanol–water partition coefficient (Wildman–Crippen LogP) is 2.23. The summed E-state index contributed by atoms with van der Waals surface area (Å²) < 4.78 is 11.9. The molecule has 2 bridgehead atoms. The molecule has 2 unspecified atom stereocenters. The Labute approximate surface area is 211 Å². The van der Waals surface area contributed by atoms with Crippen molar-refractivity contribution in [2.24, 2.45) is 11.8 Å². The van der Waals surface area contributed by atoms with E-state index in [1.807, 2.05) is 6.92 Å². The van der Waals surface area contributed by atoms with Crippen LogP contribution in [0.15, 0.2) is 24.3 Å². The van der Waals surface area contributed by atoms with Gasteiger partial charge in [0, 0.05) is 24.9 Å². The van der Waals surface area contributed by atoms with Gasteiger partial charge in [-0.25, -0.2) is 0 Å². The monoisotopic (exact) mass is 499 g/mol. The second kappa shape index (κ2) is 10.4. The number of fused-ring (bicyclic) bond motifs is 1. The average Bonchev–Trinajstić information content (AvgIpc) is 3.52. The fourth-order valence-electron chi connectivity index (χ4n) is 6.79. The summed E-state index contributed by atoms with van der Waals surface area (Å²) in [5, 5.41) is 15.6. The summed E-state index contributed by atoms with van der Waals surface area (Å²) in [7, 11) is 0. The maximum atomic E-state index is 13.8. The number of carbonyl (C=O) groups excluding carboxylic acids is 3. The Balaban J connectivity index is 1.37. The van der Waals surface area contributed by atoms with Crippen molar-refractivity contribution < 1.29 is 29.0 Å². The van der Waals surface area contributed by atoms with Gasteiger partial charge >= 0.3 is 0 Å². The van der Waals surface area contributed by atoms with E-state index in [-0.39, 0.29) is 36.9 Å². The molecule has 9 heteroatoms. The first-order valence-electron chi connectivity index (χ1n) is 13.4. The van der Waals surface area contributed by atoms with E-state index in [0.717, 1.165) is 31.4 Å². The lowest BCUT2D eigenvalue weighted by atomic mass is 9.70. The van der Waals surface area contributed by atoms with Gasteiger partial charge in [-0.2, -0.15) is 0 Å². The highest BCUT2D eigenvalue weighted by atomic mass is 16.5. The van der Waals surface area contributed by atoms with Crippen LogP contribution in [-0.4, -0.2) is 71.3 Å². The number of anilines is 1. The van der Waals surface area contributed by atoms with Crippen molar-refractivity contribution in [1.82, 2.24) is 10.2 Å². The zero-order valence-electron chi connectivity index (χ0n) is 20.9. The van der Waals surface area contributed by atoms with E-state index in [0.29, 0.717) is 31.6 Å². The van der Waals surface area contributed by atoms with Gasteiger partial charge in [0.2, 0.25) is 17.7 Å². The summed E-state index contributed by atoms with van der Waals surface area (Å²) in [6.45, 7) is 2.65. The minimum absolute atomic E-state index is 0.0798. The smallest absolute Gasteiger partial charge is 0.246 e. The lowest BCUT2D eigenvalue weighted by Gasteiger charge is -2.35. The Morgan fingerprint density at radius 2 is 1.89 bits per heavy atom. The van der Waals surface area contributed by atoms with Crippen LogP contribution < -0.4 is 15.4 Å². The maximum absolute atomic E-state index is 13.8. The first-order valence-corrected chi connectivity index (χ1v) is 13.4. The number of nitrogens with one attached hydrogen (secondary N) is 2. The van der Waals surface area contributed by atoms with E-state index in [9.17, 15) is 19.5 Å². The standard InChI is InChI=1S/C27H37N3O6/c1-2-35-19-11-9-18(10-12-19)28-24(32)21-20-13-14-27(36-20)22(21)26(34)30(15-6-16-31)23(27)25(33)29-17-7-4-3-5-8-17/h9-12,17,20-23,31H,2-8,13-16H2,1H3,(H,28,32)(H,29,33)/t20-,21+,22-,23?,27?/m0/s1. The second-order valence-corrected chi connectivity index (χ2v) is 10.5. The van der Waals surface area contributed by atoms with E-state index in [1.165, 1.54) is 6.42 Å². The van der Waals surface area contributed by atoms with E-state index >= 15 is 0 Å². The van der Waals surface area contributed by atoms with Crippen LogP contribution >= 0.6 is 0 Å². The molecule has 9 nitrogen and oxygen atoms in total. The summed E-state index contributed by atoms with van der Waals surface area (Å²) in [5.41, 5.74) is -0.383. The van der Waals surface area contributed by atoms with E-state index < -0.39 is 29.6 Å². The molecule has 196 valence electrons. The fourth-order valence-corrected chi connectivity index (χ4v) is 6.79. The fraction of sp³-hybridized carbons (Fsp3) is 0.667. The molecule has 5 rings (SSSR count). The highest BCUT2D eigenvalue weighted by Crippen LogP contribution is 2.58. The zero-order chi connectivity index (χ0) is 25.3. The van der Waals surface area contributed by atoms with Gasteiger partial charge in [0.1, 0.15) is 17.4 Å². The minimum atomic E-state index is -1.00. The van der Waals surface area contributed by atoms with Gasteiger partial charge in [0.05, 0.1) is 24.5 Å². The quantitative estimate of drug-likeness (QED) is 0.480. The van der Waals surface area contributed by atoms with Crippen molar-refractivity contribution in [3.63, 3.8) is 0 Å². The van der Waals surface area contributed by atoms with Crippen LogP contribution in [-0.2, 0) is 19.1 Å². The van der Waals surface area contributed by atoms with Gasteiger partial charge < -0.3 is 30.1 Å². The number of rotatable bonds is 9. The summed E-state index contributed by atoms with van der Waals surface area (Å²) in [6, 6.07) is 6.46. The third kappa shape index (κ3) is 4.36. The number of aliphatic hydroxyl groups is 1. The molecule has 1 spiro atoms. The van der Waals surface area contributed by atoms with Gasteiger partial charge in [-0.05, 0) is 63.3 Å². The Kier molecular flexibility index (Phi) is 7.21. The van der Waals surface area contributed by atoms with Crippen LogP contribution in [0.3, 0.4) is 0 Å². The van der Waals surface area contributed by atoms with Crippen molar-refractivity contribution in [2.45, 2.75) is 82.1 Å². The van der Waals surface area contributed by atoms with Crippen molar-refractivity contribution in [2.75, 3.05) is 25.1 Å². The molecule has 3 amide bonds. The molecule has 3 heterocycles. The molecule has 36 heavy (non-hydrogen) atoms. The molecular weight excluding hydrogens is 462 g/mol. The number of aliphatic hydroxyl groups excluding tert-OH is 1. The second-order valence-electron chi connectivity index (χ2n) is 10.5. The number of amides is 3. The molecule has 5 atom stereocenters. The highest BCUT2D eigenvalue weighted by molar-refractivity contribution is 6.02. The first kappa shape index (κ1) is 25.0. The van der Waals surface area contributed by atoms with Gasteiger partial charge in [-0.15, -0.1) is 0 Å². The summed E-state index contributed by atoms with van der Waals surface area (Å²) >= 11 is 0. The van der Waals surface area contributed by atoms with Gasteiger partial charge in [0.15, 0.2) is 0 Å². The number of hydrogen-bond acceptors (Lipinski definition) is 6. The highest BCUT2D eigenvalue weighted by Gasteiger charge is 2.74. The molecule has 1 aromatic rings. The number of nitrogens with zero attached hydrogens (tertiary/aromatic N) is 1. The van der Waals surface area contributed by atoms with E-state index in [2.05, 4.69) is 10.6 Å². The third-order valence-corrected chi connectivity index (χ3v) is 8.29. The summed E-state index contributed by atoms with van der Waals surface area (Å²) in [5.74, 6) is -1.33. The molecule has 3 aliphatic heterocycles. The van der Waals surface area contributed by atoms with Crippen LogP contribution in [0.2, 0.25) is 0 Å². The van der Waals surface area contributed by atoms with Crippen LogP contribution in [0.1, 0.15) is 58.3 Å². The molecule has 1 saturated carbocycles. The number of hydrogen-bond donors (Lipinski definition) is 3. The Bertz CT molecular complexity index is 978. The molecule has 4 fully saturated rings. The van der Waals surface area contributed by atoms with E-state index in [4.69, 9.17) is 9.47 Å². The molecule has 3 N–H and O–H groups in total. The molecule has 0 aromatic heterocycles. The maximum Gasteiger partial charge on any atom is 0.246 e. The van der Waals surface area contributed by atoms with Gasteiger partial charge in [0.25, 0.3) is 0 Å². The molecule has 0 radical (unpaired) electrons. The van der Waals surface area contributed by atoms with Gasteiger partial charge in [-0.3, -0.25) is 14.4 Å². The minimum Gasteiger partial charge on any atom is -0.494 e. The largest absolute Gasteiger partial charge is 0.494 e. The molecule has 1 aromatic carbocycles. The third-order valence-electron chi connectivity index (χ3n) is 8.29. The van der Waals surface area contributed by atoms with Crippen LogP contribution in [0.5, 0.6) is 5.75 Å².